The van der Waals surface area contributed by atoms with E-state index in [-0.39, 0.29) is 22.4 Å². The lowest BCUT2D eigenvalue weighted by molar-refractivity contribution is -0.0499. The highest BCUT2D eigenvalue weighted by molar-refractivity contribution is 6.33. The first-order valence-electron chi connectivity index (χ1n) is 8.97. The topological polar surface area (TPSA) is 56.2 Å². The van der Waals surface area contributed by atoms with Crippen LogP contribution in [0.2, 0.25) is 5.15 Å². The first-order chi connectivity index (χ1) is 13.8. The van der Waals surface area contributed by atoms with Crippen molar-refractivity contribution in [3.8, 4) is 5.75 Å². The van der Waals surface area contributed by atoms with Gasteiger partial charge in [0, 0.05) is 0 Å². The highest BCUT2D eigenvalue weighted by atomic mass is 35.5. The number of ether oxygens (including phenoxy) is 1. The van der Waals surface area contributed by atoms with Gasteiger partial charge in [-0.15, -0.1) is 0 Å². The minimum absolute atomic E-state index is 0.0310. The number of hydrogen-bond acceptors (Lipinski definition) is 3. The van der Waals surface area contributed by atoms with Gasteiger partial charge in [0.05, 0.1) is 23.8 Å². The second kappa shape index (κ2) is 9.05. The van der Waals surface area contributed by atoms with Gasteiger partial charge in [0.25, 0.3) is 5.91 Å². The smallest absolute Gasteiger partial charge is 0.387 e. The Labute approximate surface area is 172 Å². The van der Waals surface area contributed by atoms with Gasteiger partial charge < -0.3 is 10.1 Å². The van der Waals surface area contributed by atoms with Crippen LogP contribution in [0.15, 0.2) is 54.6 Å². The largest absolute Gasteiger partial charge is 0.435 e. The van der Waals surface area contributed by atoms with E-state index in [9.17, 15) is 13.6 Å². The molecule has 0 spiro atoms. The summed E-state index contributed by atoms with van der Waals surface area (Å²) in [5, 5.41) is 7.45. The summed E-state index contributed by atoms with van der Waals surface area (Å²) in [6.07, 6.45) is 0. The number of aryl methyl sites for hydroxylation is 1. The summed E-state index contributed by atoms with van der Waals surface area (Å²) in [4.78, 5) is 12.8. The van der Waals surface area contributed by atoms with Crippen LogP contribution >= 0.6 is 11.6 Å². The van der Waals surface area contributed by atoms with Crippen LogP contribution in [-0.4, -0.2) is 22.3 Å². The average molecular weight is 420 g/mol. The predicted molar refractivity (Wildman–Crippen MR) is 106 cm³/mol. The number of nitrogens with one attached hydrogen (secondary N) is 1. The van der Waals surface area contributed by atoms with Crippen LogP contribution in [0, 0.1) is 6.92 Å². The van der Waals surface area contributed by atoms with Gasteiger partial charge in [0.2, 0.25) is 0 Å². The van der Waals surface area contributed by atoms with Crippen molar-refractivity contribution < 1.29 is 18.3 Å². The number of alkyl halides is 2. The van der Waals surface area contributed by atoms with Gasteiger partial charge in [-0.2, -0.15) is 13.9 Å². The van der Waals surface area contributed by atoms with E-state index in [0.717, 1.165) is 5.56 Å². The number of amides is 1. The van der Waals surface area contributed by atoms with E-state index in [0.29, 0.717) is 17.8 Å². The molecular formula is C21H20ClF2N3O2. The van der Waals surface area contributed by atoms with Gasteiger partial charge in [0.15, 0.2) is 0 Å². The lowest BCUT2D eigenvalue weighted by Crippen LogP contribution is -2.27. The number of hydrogen-bond donors (Lipinski definition) is 1. The van der Waals surface area contributed by atoms with Gasteiger partial charge in [-0.05, 0) is 37.1 Å². The molecule has 0 saturated heterocycles. The summed E-state index contributed by atoms with van der Waals surface area (Å²) in [6, 6.07) is 15.4. The third kappa shape index (κ3) is 5.12. The van der Waals surface area contributed by atoms with E-state index in [1.807, 2.05) is 30.3 Å². The van der Waals surface area contributed by atoms with Gasteiger partial charge in [-0.25, -0.2) is 4.68 Å². The molecule has 2 aromatic carbocycles. The molecule has 1 unspecified atom stereocenters. The van der Waals surface area contributed by atoms with Gasteiger partial charge in [-0.3, -0.25) is 4.79 Å². The number of aromatic nitrogens is 2. The third-order valence-electron chi connectivity index (χ3n) is 4.40. The van der Waals surface area contributed by atoms with Gasteiger partial charge >= 0.3 is 6.61 Å². The second-order valence-corrected chi connectivity index (χ2v) is 6.90. The minimum Gasteiger partial charge on any atom is -0.435 e. The molecule has 29 heavy (non-hydrogen) atoms. The van der Waals surface area contributed by atoms with Crippen molar-refractivity contribution in [3.05, 3.63) is 82.1 Å². The fraction of sp³-hybridized carbons (Fsp3) is 0.238. The molecule has 152 valence electrons. The summed E-state index contributed by atoms with van der Waals surface area (Å²) in [6.45, 7) is 0.990. The fourth-order valence-electron chi connectivity index (χ4n) is 2.98. The quantitative estimate of drug-likeness (QED) is 0.587. The van der Waals surface area contributed by atoms with E-state index in [1.165, 1.54) is 12.1 Å². The highest BCUT2D eigenvalue weighted by Gasteiger charge is 2.22. The molecule has 1 heterocycles. The molecule has 1 N–H and O–H groups in total. The zero-order valence-corrected chi connectivity index (χ0v) is 16.7. The number of carbonyl (C=O) groups is 1. The van der Waals surface area contributed by atoms with E-state index in [2.05, 4.69) is 15.2 Å². The summed E-state index contributed by atoms with van der Waals surface area (Å²) >= 11 is 6.42. The SMILES string of the molecule is Cc1nn(Cc2ccccc2)c(Cl)c1C(=O)NC(C)c1cccc(OC(F)F)c1. The van der Waals surface area contributed by atoms with Crippen molar-refractivity contribution in [1.29, 1.82) is 0 Å². The van der Waals surface area contributed by atoms with E-state index >= 15 is 0 Å². The standard InChI is InChI=1S/C21H20ClF2N3O2/c1-13(16-9-6-10-17(11-16)29-21(23)24)25-20(28)18-14(2)26-27(19(18)22)12-15-7-4-3-5-8-15/h3-11,13,21H,12H2,1-2H3,(H,25,28). The monoisotopic (exact) mass is 419 g/mol. The Morgan fingerprint density at radius 1 is 1.21 bits per heavy atom. The fourth-order valence-corrected chi connectivity index (χ4v) is 3.30. The summed E-state index contributed by atoms with van der Waals surface area (Å²) in [5.74, 6) is -0.358. The molecule has 3 aromatic rings. The maximum absolute atomic E-state index is 12.8. The molecule has 0 aliphatic rings. The normalized spacial score (nSPS) is 12.1. The summed E-state index contributed by atoms with van der Waals surface area (Å²) < 4.78 is 30.8. The average Bonchev–Trinajstić information content (AvgIpc) is 2.95. The summed E-state index contributed by atoms with van der Waals surface area (Å²) in [5.41, 5.74) is 2.43. The van der Waals surface area contributed by atoms with Crippen LogP contribution in [0.5, 0.6) is 5.75 Å². The zero-order chi connectivity index (χ0) is 21.0. The Kier molecular flexibility index (Phi) is 6.49. The molecule has 0 saturated carbocycles. The molecule has 1 aromatic heterocycles. The molecule has 5 nitrogen and oxygen atoms in total. The van der Waals surface area contributed by atoms with Crippen LogP contribution in [0.1, 0.15) is 40.1 Å². The predicted octanol–water partition coefficient (Wildman–Crippen LogP) is 4.99. The van der Waals surface area contributed by atoms with Crippen molar-refractivity contribution in [2.24, 2.45) is 0 Å². The van der Waals surface area contributed by atoms with E-state index < -0.39 is 12.7 Å². The molecule has 1 amide bonds. The molecule has 0 aliphatic carbocycles. The maximum Gasteiger partial charge on any atom is 0.387 e. The van der Waals surface area contributed by atoms with Crippen molar-refractivity contribution >= 4 is 17.5 Å². The van der Waals surface area contributed by atoms with Crippen LogP contribution in [0.4, 0.5) is 8.78 Å². The van der Waals surface area contributed by atoms with Crippen molar-refractivity contribution in [2.75, 3.05) is 0 Å². The molecular weight excluding hydrogens is 400 g/mol. The van der Waals surface area contributed by atoms with Crippen LogP contribution in [0.3, 0.4) is 0 Å². The zero-order valence-electron chi connectivity index (χ0n) is 15.9. The Morgan fingerprint density at radius 3 is 2.62 bits per heavy atom. The van der Waals surface area contributed by atoms with E-state index in [1.54, 1.807) is 30.7 Å². The lowest BCUT2D eigenvalue weighted by Gasteiger charge is -2.15. The van der Waals surface area contributed by atoms with Crippen molar-refractivity contribution in [2.45, 2.75) is 33.0 Å². The van der Waals surface area contributed by atoms with Gasteiger partial charge in [0.1, 0.15) is 10.9 Å². The molecule has 8 heteroatoms. The maximum atomic E-state index is 12.8. The Balaban J connectivity index is 1.75. The minimum atomic E-state index is -2.91. The van der Waals surface area contributed by atoms with Crippen molar-refractivity contribution in [1.82, 2.24) is 15.1 Å². The van der Waals surface area contributed by atoms with E-state index in [4.69, 9.17) is 11.6 Å². The number of carbonyl (C=O) groups excluding carboxylic acids is 1. The van der Waals surface area contributed by atoms with Crippen molar-refractivity contribution in [3.63, 3.8) is 0 Å². The van der Waals surface area contributed by atoms with Crippen LogP contribution in [-0.2, 0) is 6.54 Å². The number of halogens is 3. The molecule has 3 rings (SSSR count). The Morgan fingerprint density at radius 2 is 1.93 bits per heavy atom. The van der Waals surface area contributed by atoms with Gasteiger partial charge in [-0.1, -0.05) is 54.1 Å². The summed E-state index contributed by atoms with van der Waals surface area (Å²) in [7, 11) is 0. The van der Waals surface area contributed by atoms with Crippen LogP contribution in [0.25, 0.3) is 0 Å². The molecule has 1 atom stereocenters. The first kappa shape index (κ1) is 20.8. The number of nitrogens with zero attached hydrogens (tertiary/aromatic N) is 2. The highest BCUT2D eigenvalue weighted by Crippen LogP contribution is 2.24. The third-order valence-corrected chi connectivity index (χ3v) is 4.78. The van der Waals surface area contributed by atoms with Crippen LogP contribution < -0.4 is 10.1 Å². The first-order valence-corrected chi connectivity index (χ1v) is 9.35. The Hall–Kier alpha value is -2.93. The molecule has 0 fully saturated rings. The number of rotatable bonds is 7. The lowest BCUT2D eigenvalue weighted by atomic mass is 10.1. The molecule has 0 aliphatic heterocycles. The second-order valence-electron chi connectivity index (χ2n) is 6.54. The molecule has 0 bridgehead atoms. The number of benzene rings is 2. The Bertz CT molecular complexity index is 993. The molecule has 0 radical (unpaired) electrons.